The molecule has 0 aliphatic rings. The fourth-order valence-electron chi connectivity index (χ4n) is 2.06. The predicted octanol–water partition coefficient (Wildman–Crippen LogP) is 4.63. The number of rotatable bonds is 7. The summed E-state index contributed by atoms with van der Waals surface area (Å²) in [4.78, 5) is 0. The second-order valence-corrected chi connectivity index (χ2v) is 5.02. The van der Waals surface area contributed by atoms with Gasteiger partial charge in [0.15, 0.2) is 0 Å². The number of halogens is 2. The second-order valence-electron chi connectivity index (χ2n) is 4.72. The maximum Gasteiger partial charge on any atom is 0.123 e. The van der Waals surface area contributed by atoms with Gasteiger partial charge in [0, 0.05) is 11.8 Å². The molecular formula is C17H18ClFO2. The van der Waals surface area contributed by atoms with E-state index >= 15 is 0 Å². The highest BCUT2D eigenvalue weighted by Gasteiger charge is 2.10. The summed E-state index contributed by atoms with van der Waals surface area (Å²) < 4.78 is 23.7. The van der Waals surface area contributed by atoms with Crippen LogP contribution in [0.25, 0.3) is 0 Å². The third-order valence-corrected chi connectivity index (χ3v) is 3.69. The van der Waals surface area contributed by atoms with Crippen molar-refractivity contribution in [3.8, 4) is 11.5 Å². The fourth-order valence-corrected chi connectivity index (χ4v) is 2.39. The van der Waals surface area contributed by atoms with E-state index in [4.69, 9.17) is 21.1 Å². The Kier molecular flexibility index (Phi) is 5.88. The number of ether oxygens (including phenoxy) is 2. The predicted molar refractivity (Wildman–Crippen MR) is 83.0 cm³/mol. The Labute approximate surface area is 129 Å². The van der Waals surface area contributed by atoms with Gasteiger partial charge < -0.3 is 9.47 Å². The monoisotopic (exact) mass is 308 g/mol. The number of alkyl halides is 1. The van der Waals surface area contributed by atoms with E-state index in [1.165, 1.54) is 12.1 Å². The quantitative estimate of drug-likeness (QED) is 0.695. The van der Waals surface area contributed by atoms with Gasteiger partial charge in [-0.15, -0.1) is 11.6 Å². The van der Waals surface area contributed by atoms with Crippen LogP contribution < -0.4 is 9.47 Å². The van der Waals surface area contributed by atoms with E-state index in [2.05, 4.69) is 0 Å². The third-order valence-electron chi connectivity index (χ3n) is 3.32. The minimum absolute atomic E-state index is 0.158. The van der Waals surface area contributed by atoms with Crippen LogP contribution in [0, 0.1) is 5.82 Å². The molecule has 0 heterocycles. The molecule has 4 heteroatoms. The summed E-state index contributed by atoms with van der Waals surface area (Å²) in [5, 5.41) is 0. The molecule has 2 aromatic carbocycles. The van der Waals surface area contributed by atoms with Crippen molar-refractivity contribution in [3.05, 3.63) is 59.9 Å². The van der Waals surface area contributed by atoms with Gasteiger partial charge in [0.2, 0.25) is 0 Å². The molecule has 0 aliphatic heterocycles. The lowest BCUT2D eigenvalue weighted by molar-refractivity contribution is 0.300. The van der Waals surface area contributed by atoms with Crippen LogP contribution in [0.1, 0.15) is 17.9 Å². The highest BCUT2D eigenvalue weighted by atomic mass is 35.5. The van der Waals surface area contributed by atoms with E-state index in [0.717, 1.165) is 23.5 Å². The van der Waals surface area contributed by atoms with Crippen molar-refractivity contribution in [2.75, 3.05) is 19.6 Å². The van der Waals surface area contributed by atoms with E-state index in [1.54, 1.807) is 19.2 Å². The van der Waals surface area contributed by atoms with Crippen LogP contribution in [0.4, 0.5) is 4.39 Å². The molecular weight excluding hydrogens is 291 g/mol. The zero-order valence-corrected chi connectivity index (χ0v) is 12.6. The number of hydrogen-bond acceptors (Lipinski definition) is 2. The Balaban J connectivity index is 1.86. The zero-order chi connectivity index (χ0) is 15.1. The first kappa shape index (κ1) is 15.6. The third kappa shape index (κ3) is 4.64. The standard InChI is InChI=1S/C17H18ClFO2/c1-20-16-6-8-17(9-7-16)21-11-10-14(12-18)13-2-4-15(19)5-3-13/h2-9,14H,10-12H2,1H3. The summed E-state index contributed by atoms with van der Waals surface area (Å²) in [6.45, 7) is 0.557. The summed E-state index contributed by atoms with van der Waals surface area (Å²) in [5.74, 6) is 2.00. The Morgan fingerprint density at radius 1 is 1.00 bits per heavy atom. The second kappa shape index (κ2) is 7.89. The number of methoxy groups -OCH3 is 1. The molecule has 0 saturated carbocycles. The first-order valence-electron chi connectivity index (χ1n) is 6.81. The average Bonchev–Trinajstić information content (AvgIpc) is 2.53. The molecule has 0 aliphatic carbocycles. The summed E-state index contributed by atoms with van der Waals surface area (Å²) >= 11 is 6.00. The van der Waals surface area contributed by atoms with Gasteiger partial charge in [-0.1, -0.05) is 12.1 Å². The number of hydrogen-bond donors (Lipinski definition) is 0. The van der Waals surface area contributed by atoms with E-state index in [-0.39, 0.29) is 11.7 Å². The van der Waals surface area contributed by atoms with Crippen LogP contribution in [0.15, 0.2) is 48.5 Å². The van der Waals surface area contributed by atoms with Gasteiger partial charge in [-0.3, -0.25) is 0 Å². The molecule has 0 amide bonds. The molecule has 2 rings (SSSR count). The zero-order valence-electron chi connectivity index (χ0n) is 11.9. The van der Waals surface area contributed by atoms with Gasteiger partial charge in [0.05, 0.1) is 13.7 Å². The Bertz CT molecular complexity index is 540. The first-order chi connectivity index (χ1) is 10.2. The van der Waals surface area contributed by atoms with Crippen molar-refractivity contribution in [1.29, 1.82) is 0 Å². The van der Waals surface area contributed by atoms with Gasteiger partial charge in [-0.25, -0.2) is 4.39 Å². The van der Waals surface area contributed by atoms with Crippen molar-refractivity contribution in [2.24, 2.45) is 0 Å². The lowest BCUT2D eigenvalue weighted by Crippen LogP contribution is -2.07. The van der Waals surface area contributed by atoms with Crippen LogP contribution in [0.2, 0.25) is 0 Å². The molecule has 0 fully saturated rings. The van der Waals surface area contributed by atoms with Crippen molar-refractivity contribution in [1.82, 2.24) is 0 Å². The van der Waals surface area contributed by atoms with Crippen LogP contribution >= 0.6 is 11.6 Å². The molecule has 0 bridgehead atoms. The first-order valence-corrected chi connectivity index (χ1v) is 7.34. The molecule has 1 atom stereocenters. The molecule has 2 aromatic rings. The highest BCUT2D eigenvalue weighted by Crippen LogP contribution is 2.23. The molecule has 0 aromatic heterocycles. The van der Waals surface area contributed by atoms with E-state index in [1.807, 2.05) is 24.3 Å². The molecule has 21 heavy (non-hydrogen) atoms. The van der Waals surface area contributed by atoms with Crippen molar-refractivity contribution in [2.45, 2.75) is 12.3 Å². The topological polar surface area (TPSA) is 18.5 Å². The highest BCUT2D eigenvalue weighted by molar-refractivity contribution is 6.18. The summed E-state index contributed by atoms with van der Waals surface area (Å²) in [7, 11) is 1.63. The maximum atomic E-state index is 12.9. The molecule has 0 saturated heterocycles. The fraction of sp³-hybridized carbons (Fsp3) is 0.294. The molecule has 2 nitrogen and oxygen atoms in total. The molecule has 0 radical (unpaired) electrons. The minimum atomic E-state index is -0.235. The van der Waals surface area contributed by atoms with Gasteiger partial charge in [-0.2, -0.15) is 0 Å². The van der Waals surface area contributed by atoms with Gasteiger partial charge >= 0.3 is 0 Å². The van der Waals surface area contributed by atoms with Gasteiger partial charge in [0.1, 0.15) is 17.3 Å². The van der Waals surface area contributed by atoms with E-state index in [0.29, 0.717) is 12.5 Å². The van der Waals surface area contributed by atoms with E-state index in [9.17, 15) is 4.39 Å². The smallest absolute Gasteiger partial charge is 0.123 e. The molecule has 0 N–H and O–H groups in total. The Morgan fingerprint density at radius 3 is 2.19 bits per heavy atom. The summed E-state index contributed by atoms with van der Waals surface area (Å²) in [5.41, 5.74) is 1.03. The normalized spacial score (nSPS) is 12.0. The van der Waals surface area contributed by atoms with Crippen LogP contribution in [0.5, 0.6) is 11.5 Å². The van der Waals surface area contributed by atoms with Crippen molar-refractivity contribution in [3.63, 3.8) is 0 Å². The molecule has 0 spiro atoms. The molecule has 112 valence electrons. The Morgan fingerprint density at radius 2 is 1.62 bits per heavy atom. The molecule has 1 unspecified atom stereocenters. The summed E-state index contributed by atoms with van der Waals surface area (Å²) in [6, 6.07) is 13.9. The van der Waals surface area contributed by atoms with E-state index < -0.39 is 0 Å². The van der Waals surface area contributed by atoms with Crippen LogP contribution in [-0.2, 0) is 0 Å². The SMILES string of the molecule is COc1ccc(OCCC(CCl)c2ccc(F)cc2)cc1. The average molecular weight is 309 g/mol. The van der Waals surface area contributed by atoms with Crippen molar-refractivity contribution >= 4 is 11.6 Å². The Hall–Kier alpha value is -1.74. The van der Waals surface area contributed by atoms with Crippen molar-refractivity contribution < 1.29 is 13.9 Å². The van der Waals surface area contributed by atoms with Gasteiger partial charge in [0.25, 0.3) is 0 Å². The minimum Gasteiger partial charge on any atom is -0.497 e. The van der Waals surface area contributed by atoms with Crippen LogP contribution in [0.3, 0.4) is 0 Å². The lowest BCUT2D eigenvalue weighted by Gasteiger charge is -2.15. The number of benzene rings is 2. The van der Waals surface area contributed by atoms with Gasteiger partial charge in [-0.05, 0) is 48.4 Å². The lowest BCUT2D eigenvalue weighted by atomic mass is 9.98. The summed E-state index contributed by atoms with van der Waals surface area (Å²) in [6.07, 6.45) is 0.779. The maximum absolute atomic E-state index is 12.9. The largest absolute Gasteiger partial charge is 0.497 e. The van der Waals surface area contributed by atoms with Crippen LogP contribution in [-0.4, -0.2) is 19.6 Å².